The van der Waals surface area contributed by atoms with Gasteiger partial charge in [-0.1, -0.05) is 6.07 Å². The fourth-order valence-electron chi connectivity index (χ4n) is 2.62. The van der Waals surface area contributed by atoms with Crippen LogP contribution in [0.15, 0.2) is 48.8 Å². The van der Waals surface area contributed by atoms with Crippen LogP contribution >= 0.6 is 0 Å². The van der Waals surface area contributed by atoms with E-state index in [9.17, 15) is 9.59 Å². The number of carbonyl (C=O) groups excluding carboxylic acids is 2. The summed E-state index contributed by atoms with van der Waals surface area (Å²) in [6.07, 6.45) is 3.45. The highest BCUT2D eigenvalue weighted by Crippen LogP contribution is 2.25. The van der Waals surface area contributed by atoms with Gasteiger partial charge in [-0.05, 0) is 24.3 Å². The molecule has 3 rings (SSSR count). The lowest BCUT2D eigenvalue weighted by Gasteiger charge is -2.18. The summed E-state index contributed by atoms with van der Waals surface area (Å²) in [6, 6.07) is 10.2. The predicted molar refractivity (Wildman–Crippen MR) is 90.1 cm³/mol. The van der Waals surface area contributed by atoms with Crippen molar-refractivity contribution in [2.45, 2.75) is 12.5 Å². The second-order valence-electron chi connectivity index (χ2n) is 5.45. The number of ether oxygens (including phenoxy) is 1. The lowest BCUT2D eigenvalue weighted by molar-refractivity contribution is -0.117. The second-order valence-corrected chi connectivity index (χ2v) is 5.45. The third kappa shape index (κ3) is 3.62. The molecule has 3 amide bonds. The first-order valence-electron chi connectivity index (χ1n) is 7.57. The molecule has 0 aliphatic carbocycles. The maximum absolute atomic E-state index is 12.2. The predicted octanol–water partition coefficient (Wildman–Crippen LogP) is 2.02. The van der Waals surface area contributed by atoms with Crippen LogP contribution in [0.1, 0.15) is 6.42 Å². The molecular formula is C17H18N4O3. The Labute approximate surface area is 139 Å². The van der Waals surface area contributed by atoms with Crippen LogP contribution in [0.3, 0.4) is 0 Å². The average molecular weight is 326 g/mol. The Morgan fingerprint density at radius 3 is 2.96 bits per heavy atom. The molecule has 0 radical (unpaired) electrons. The smallest absolute Gasteiger partial charge is 0.319 e. The van der Waals surface area contributed by atoms with Gasteiger partial charge in [0.05, 0.1) is 25.0 Å². The minimum absolute atomic E-state index is 0.0325. The SMILES string of the molecule is COc1cccc(N2CC(NC(=O)Nc3cccnc3)CC2=O)c1. The number of rotatable bonds is 4. The zero-order valence-corrected chi connectivity index (χ0v) is 13.2. The van der Waals surface area contributed by atoms with Crippen molar-refractivity contribution in [1.82, 2.24) is 10.3 Å². The first kappa shape index (κ1) is 15.8. The molecule has 24 heavy (non-hydrogen) atoms. The molecule has 124 valence electrons. The number of benzene rings is 1. The number of methoxy groups -OCH3 is 1. The maximum Gasteiger partial charge on any atom is 0.319 e. The number of amides is 3. The fraction of sp³-hybridized carbons (Fsp3) is 0.235. The van der Waals surface area contributed by atoms with Crippen LogP contribution in [0.25, 0.3) is 0 Å². The number of nitrogens with zero attached hydrogens (tertiary/aromatic N) is 2. The van der Waals surface area contributed by atoms with Crippen molar-refractivity contribution >= 4 is 23.3 Å². The summed E-state index contributed by atoms with van der Waals surface area (Å²) in [6.45, 7) is 0.423. The summed E-state index contributed by atoms with van der Waals surface area (Å²) in [5, 5.41) is 5.51. The minimum atomic E-state index is -0.353. The highest BCUT2D eigenvalue weighted by molar-refractivity contribution is 5.97. The number of hydrogen-bond donors (Lipinski definition) is 2. The standard InChI is InChI=1S/C17H18N4O3/c1-24-15-6-2-5-14(9-15)21-11-13(8-16(21)22)20-17(23)19-12-4-3-7-18-10-12/h2-7,9-10,13H,8,11H2,1H3,(H2,19,20,23). The summed E-state index contributed by atoms with van der Waals surface area (Å²) in [4.78, 5) is 29.8. The summed E-state index contributed by atoms with van der Waals surface area (Å²) in [5.74, 6) is 0.654. The first-order chi connectivity index (χ1) is 11.7. The highest BCUT2D eigenvalue weighted by atomic mass is 16.5. The molecule has 0 bridgehead atoms. The van der Waals surface area contributed by atoms with Crippen LogP contribution in [0, 0.1) is 0 Å². The van der Waals surface area contributed by atoms with Crippen LogP contribution in [0.2, 0.25) is 0 Å². The van der Waals surface area contributed by atoms with Gasteiger partial charge in [0.1, 0.15) is 5.75 Å². The van der Waals surface area contributed by atoms with Gasteiger partial charge >= 0.3 is 6.03 Å². The fourth-order valence-corrected chi connectivity index (χ4v) is 2.62. The molecule has 1 aliphatic heterocycles. The molecule has 0 spiro atoms. The van der Waals surface area contributed by atoms with Gasteiger partial charge < -0.3 is 20.3 Å². The molecule has 1 aliphatic rings. The van der Waals surface area contributed by atoms with E-state index < -0.39 is 0 Å². The Kier molecular flexibility index (Phi) is 4.60. The zero-order valence-electron chi connectivity index (χ0n) is 13.2. The summed E-state index contributed by atoms with van der Waals surface area (Å²) in [5.41, 5.74) is 1.36. The van der Waals surface area contributed by atoms with E-state index in [1.165, 1.54) is 0 Å². The number of anilines is 2. The quantitative estimate of drug-likeness (QED) is 0.900. The summed E-state index contributed by atoms with van der Waals surface area (Å²) >= 11 is 0. The van der Waals surface area contributed by atoms with Crippen LogP contribution in [-0.2, 0) is 4.79 Å². The molecule has 1 atom stereocenters. The van der Waals surface area contributed by atoms with Gasteiger partial charge in [0, 0.05) is 30.9 Å². The molecule has 1 fully saturated rings. The lowest BCUT2D eigenvalue weighted by Crippen LogP contribution is -2.39. The van der Waals surface area contributed by atoms with E-state index in [0.717, 1.165) is 5.69 Å². The Hall–Kier alpha value is -3.09. The Balaban J connectivity index is 1.61. The third-order valence-electron chi connectivity index (χ3n) is 3.74. The van der Waals surface area contributed by atoms with Crippen LogP contribution in [0.4, 0.5) is 16.2 Å². The van der Waals surface area contributed by atoms with E-state index in [0.29, 0.717) is 18.0 Å². The second kappa shape index (κ2) is 6.99. The van der Waals surface area contributed by atoms with Crippen molar-refractivity contribution in [1.29, 1.82) is 0 Å². The monoisotopic (exact) mass is 326 g/mol. The van der Waals surface area contributed by atoms with Gasteiger partial charge in [0.15, 0.2) is 0 Å². The molecule has 2 N–H and O–H groups in total. The Morgan fingerprint density at radius 1 is 1.33 bits per heavy atom. The Morgan fingerprint density at radius 2 is 2.21 bits per heavy atom. The van der Waals surface area contributed by atoms with E-state index >= 15 is 0 Å². The topological polar surface area (TPSA) is 83.6 Å². The molecule has 2 aromatic rings. The molecular weight excluding hydrogens is 308 g/mol. The first-order valence-corrected chi connectivity index (χ1v) is 7.57. The molecule has 1 aromatic heterocycles. The summed E-state index contributed by atoms with van der Waals surface area (Å²) in [7, 11) is 1.58. The molecule has 1 unspecified atom stereocenters. The average Bonchev–Trinajstić information content (AvgIpc) is 2.96. The van der Waals surface area contributed by atoms with E-state index in [1.807, 2.05) is 18.2 Å². The van der Waals surface area contributed by atoms with Crippen LogP contribution in [0.5, 0.6) is 5.75 Å². The molecule has 7 heteroatoms. The number of urea groups is 1. The minimum Gasteiger partial charge on any atom is -0.497 e. The van der Waals surface area contributed by atoms with Crippen molar-refractivity contribution < 1.29 is 14.3 Å². The summed E-state index contributed by atoms with van der Waals surface area (Å²) < 4.78 is 5.18. The molecule has 7 nitrogen and oxygen atoms in total. The normalized spacial score (nSPS) is 16.8. The van der Waals surface area contributed by atoms with Gasteiger partial charge in [0.25, 0.3) is 0 Å². The van der Waals surface area contributed by atoms with Crippen molar-refractivity contribution in [3.8, 4) is 5.75 Å². The van der Waals surface area contributed by atoms with Crippen LogP contribution < -0.4 is 20.3 Å². The number of carbonyl (C=O) groups is 2. The van der Waals surface area contributed by atoms with Gasteiger partial charge in [-0.3, -0.25) is 9.78 Å². The largest absolute Gasteiger partial charge is 0.497 e. The number of pyridine rings is 1. The number of aromatic nitrogens is 1. The molecule has 1 aromatic carbocycles. The van der Waals surface area contributed by atoms with E-state index in [4.69, 9.17) is 4.74 Å². The van der Waals surface area contributed by atoms with Crippen LogP contribution in [-0.4, -0.2) is 36.6 Å². The van der Waals surface area contributed by atoms with Crippen molar-refractivity contribution in [2.24, 2.45) is 0 Å². The third-order valence-corrected chi connectivity index (χ3v) is 3.74. The van der Waals surface area contributed by atoms with Gasteiger partial charge in [0.2, 0.25) is 5.91 Å². The Bertz CT molecular complexity index is 736. The van der Waals surface area contributed by atoms with Gasteiger partial charge in [-0.25, -0.2) is 4.79 Å². The highest BCUT2D eigenvalue weighted by Gasteiger charge is 2.31. The van der Waals surface area contributed by atoms with Gasteiger partial charge in [-0.15, -0.1) is 0 Å². The maximum atomic E-state index is 12.2. The van der Waals surface area contributed by atoms with E-state index in [2.05, 4.69) is 15.6 Å². The molecule has 1 saturated heterocycles. The van der Waals surface area contributed by atoms with Crippen molar-refractivity contribution in [3.05, 3.63) is 48.8 Å². The van der Waals surface area contributed by atoms with Crippen molar-refractivity contribution in [3.63, 3.8) is 0 Å². The van der Waals surface area contributed by atoms with E-state index in [-0.39, 0.29) is 24.4 Å². The molecule has 2 heterocycles. The number of hydrogen-bond acceptors (Lipinski definition) is 4. The van der Waals surface area contributed by atoms with Gasteiger partial charge in [-0.2, -0.15) is 0 Å². The molecule has 0 saturated carbocycles. The lowest BCUT2D eigenvalue weighted by atomic mass is 10.2. The van der Waals surface area contributed by atoms with Crippen molar-refractivity contribution in [2.75, 3.05) is 23.9 Å². The number of nitrogens with one attached hydrogen (secondary N) is 2. The zero-order chi connectivity index (χ0) is 16.9. The van der Waals surface area contributed by atoms with E-state index in [1.54, 1.807) is 42.6 Å².